The first-order chi connectivity index (χ1) is 5.86. The average Bonchev–Trinajstić information content (AvgIpc) is 2.06. The highest BCUT2D eigenvalue weighted by atomic mass is 16.1. The molecule has 0 spiro atoms. The van der Waals surface area contributed by atoms with E-state index in [0.717, 1.165) is 0 Å². The molecule has 0 aromatic heterocycles. The van der Waals surface area contributed by atoms with Gasteiger partial charge >= 0.3 is 0 Å². The highest BCUT2D eigenvalue weighted by molar-refractivity contribution is 5.60. The summed E-state index contributed by atoms with van der Waals surface area (Å²) in [4.78, 5) is 17.1. The van der Waals surface area contributed by atoms with Gasteiger partial charge in [-0.25, -0.2) is 9.79 Å². The van der Waals surface area contributed by atoms with Gasteiger partial charge in [0.2, 0.25) is 6.08 Å². The molecule has 0 atom stereocenters. The van der Waals surface area contributed by atoms with Gasteiger partial charge < -0.3 is 0 Å². The van der Waals surface area contributed by atoms with Gasteiger partial charge in [0.15, 0.2) is 0 Å². The van der Waals surface area contributed by atoms with Crippen molar-refractivity contribution in [3.8, 4) is 0 Å². The number of nitrogens with zero attached hydrogens (tertiary/aromatic N) is 2. The van der Waals surface area contributed by atoms with Crippen LogP contribution in [-0.2, 0) is 4.79 Å². The van der Waals surface area contributed by atoms with E-state index in [9.17, 15) is 4.79 Å². The Morgan fingerprint density at radius 2 is 1.92 bits per heavy atom. The second-order valence-electron chi connectivity index (χ2n) is 1.99. The van der Waals surface area contributed by atoms with E-state index in [4.69, 9.17) is 0 Å². The van der Waals surface area contributed by atoms with Crippen LogP contribution in [0.5, 0.6) is 0 Å². The molecule has 0 unspecified atom stereocenters. The van der Waals surface area contributed by atoms with Crippen molar-refractivity contribution in [3.63, 3.8) is 0 Å². The summed E-state index contributed by atoms with van der Waals surface area (Å²) < 4.78 is 0. The van der Waals surface area contributed by atoms with Gasteiger partial charge in [0, 0.05) is 0 Å². The molecule has 0 fully saturated rings. The molecule has 1 aromatic rings. The van der Waals surface area contributed by atoms with Crippen LogP contribution in [-0.4, -0.2) is 11.9 Å². The number of rotatable bonds is 2. The molecule has 0 saturated carbocycles. The number of isocyanates is 1. The fraction of sp³-hybridized carbons (Fsp3) is 0. The van der Waals surface area contributed by atoms with Crippen LogP contribution in [0.1, 0.15) is 0 Å². The van der Waals surface area contributed by atoms with Gasteiger partial charge in [-0.15, -0.1) is 0 Å². The number of benzene rings is 1. The van der Waals surface area contributed by atoms with Crippen molar-refractivity contribution in [3.05, 3.63) is 30.8 Å². The van der Waals surface area contributed by atoms with E-state index in [1.54, 1.807) is 24.3 Å². The molecular formula is C9H6N2O. The molecule has 3 heteroatoms. The maximum absolute atomic E-state index is 9.89. The molecule has 0 aliphatic rings. The molecule has 0 heterocycles. The van der Waals surface area contributed by atoms with E-state index in [1.165, 1.54) is 6.08 Å². The molecule has 0 aliphatic heterocycles. The highest BCUT2D eigenvalue weighted by Crippen LogP contribution is 2.18. The normalized spacial score (nSPS) is 8.00. The predicted octanol–water partition coefficient (Wildman–Crippen LogP) is 2.14. The van der Waals surface area contributed by atoms with Crippen LogP contribution in [0.4, 0.5) is 11.4 Å². The minimum atomic E-state index is 0.529. The van der Waals surface area contributed by atoms with Gasteiger partial charge in [0.25, 0.3) is 0 Å². The Bertz CT molecular complexity index is 339. The third kappa shape index (κ3) is 2.03. The SMILES string of the molecule is C=C=Nc1cccc(N=C=O)c1. The molecule has 0 amide bonds. The molecule has 0 radical (unpaired) electrons. The molecule has 0 aliphatic carbocycles. The minimum absolute atomic E-state index is 0.529. The standard InChI is InChI=1S/C9H6N2O/c1-2-10-8-4-3-5-9(6-8)11-7-12/h3-6H,1H2. The van der Waals surface area contributed by atoms with Crippen LogP contribution in [0.2, 0.25) is 0 Å². The smallest absolute Gasteiger partial charge is 0.211 e. The Balaban J connectivity index is 3.11. The van der Waals surface area contributed by atoms with Crippen molar-refractivity contribution in [1.82, 2.24) is 0 Å². The van der Waals surface area contributed by atoms with Crippen molar-refractivity contribution in [1.29, 1.82) is 0 Å². The van der Waals surface area contributed by atoms with Crippen LogP contribution >= 0.6 is 0 Å². The monoisotopic (exact) mass is 158 g/mol. The lowest BCUT2D eigenvalue weighted by atomic mass is 10.3. The Kier molecular flexibility index (Phi) is 2.74. The fourth-order valence-corrected chi connectivity index (χ4v) is 0.776. The van der Waals surface area contributed by atoms with E-state index in [2.05, 4.69) is 22.4 Å². The molecule has 0 saturated heterocycles. The van der Waals surface area contributed by atoms with Crippen molar-refractivity contribution >= 4 is 23.3 Å². The number of aliphatic imine (C=N–C) groups is 2. The van der Waals surface area contributed by atoms with E-state index >= 15 is 0 Å². The Morgan fingerprint density at radius 1 is 1.25 bits per heavy atom. The zero-order valence-corrected chi connectivity index (χ0v) is 6.32. The summed E-state index contributed by atoms with van der Waals surface area (Å²) in [5, 5.41) is 0. The average molecular weight is 158 g/mol. The Hall–Kier alpha value is -1.95. The minimum Gasteiger partial charge on any atom is -0.211 e. The number of carbonyl (C=O) groups excluding carboxylic acids is 1. The Morgan fingerprint density at radius 3 is 2.50 bits per heavy atom. The second kappa shape index (κ2) is 4.04. The molecular weight excluding hydrogens is 152 g/mol. The first kappa shape index (κ1) is 8.15. The topological polar surface area (TPSA) is 41.8 Å². The highest BCUT2D eigenvalue weighted by Gasteiger charge is 1.90. The molecule has 58 valence electrons. The number of hydrogen-bond donors (Lipinski definition) is 0. The lowest BCUT2D eigenvalue weighted by molar-refractivity contribution is 0.565. The summed E-state index contributed by atoms with van der Waals surface area (Å²) >= 11 is 0. The maximum Gasteiger partial charge on any atom is 0.240 e. The lowest BCUT2D eigenvalue weighted by Gasteiger charge is -1.91. The predicted molar refractivity (Wildman–Crippen MR) is 46.9 cm³/mol. The van der Waals surface area contributed by atoms with Crippen LogP contribution in [0, 0.1) is 0 Å². The molecule has 1 aromatic carbocycles. The molecule has 3 nitrogen and oxygen atoms in total. The summed E-state index contributed by atoms with van der Waals surface area (Å²) in [5.74, 6) is 2.39. The third-order valence-corrected chi connectivity index (χ3v) is 1.21. The fourth-order valence-electron chi connectivity index (χ4n) is 0.776. The van der Waals surface area contributed by atoms with E-state index in [0.29, 0.717) is 11.4 Å². The quantitative estimate of drug-likeness (QED) is 0.480. The first-order valence-electron chi connectivity index (χ1n) is 3.27. The van der Waals surface area contributed by atoms with Gasteiger partial charge in [-0.2, -0.15) is 4.99 Å². The van der Waals surface area contributed by atoms with Gasteiger partial charge in [-0.1, -0.05) is 6.07 Å². The van der Waals surface area contributed by atoms with Crippen molar-refractivity contribution in [2.75, 3.05) is 0 Å². The number of hydrogen-bond acceptors (Lipinski definition) is 3. The van der Waals surface area contributed by atoms with E-state index < -0.39 is 0 Å². The van der Waals surface area contributed by atoms with Crippen molar-refractivity contribution < 1.29 is 4.79 Å². The summed E-state index contributed by atoms with van der Waals surface area (Å²) in [6.45, 7) is 3.33. The maximum atomic E-state index is 9.89. The molecule has 1 rings (SSSR count). The van der Waals surface area contributed by atoms with Gasteiger partial charge in [-0.05, 0) is 30.6 Å². The van der Waals surface area contributed by atoms with E-state index in [-0.39, 0.29) is 0 Å². The van der Waals surface area contributed by atoms with Crippen molar-refractivity contribution in [2.45, 2.75) is 0 Å². The van der Waals surface area contributed by atoms with Crippen LogP contribution in [0.3, 0.4) is 0 Å². The Labute approximate surface area is 69.8 Å². The first-order valence-corrected chi connectivity index (χ1v) is 3.27. The van der Waals surface area contributed by atoms with Gasteiger partial charge in [-0.3, -0.25) is 0 Å². The summed E-state index contributed by atoms with van der Waals surface area (Å²) in [7, 11) is 0. The third-order valence-electron chi connectivity index (χ3n) is 1.21. The van der Waals surface area contributed by atoms with Gasteiger partial charge in [0.1, 0.15) is 0 Å². The summed E-state index contributed by atoms with van der Waals surface area (Å²) in [6, 6.07) is 6.84. The van der Waals surface area contributed by atoms with Crippen molar-refractivity contribution in [2.24, 2.45) is 9.98 Å². The van der Waals surface area contributed by atoms with Gasteiger partial charge in [0.05, 0.1) is 11.4 Å². The van der Waals surface area contributed by atoms with Crippen LogP contribution in [0.15, 0.2) is 40.8 Å². The van der Waals surface area contributed by atoms with Crippen LogP contribution < -0.4 is 0 Å². The largest absolute Gasteiger partial charge is 0.240 e. The summed E-state index contributed by atoms with van der Waals surface area (Å²) in [6.07, 6.45) is 1.45. The zero-order chi connectivity index (χ0) is 8.81. The molecule has 12 heavy (non-hydrogen) atoms. The molecule has 0 bridgehead atoms. The molecule has 0 N–H and O–H groups in total. The van der Waals surface area contributed by atoms with Crippen LogP contribution in [0.25, 0.3) is 0 Å². The van der Waals surface area contributed by atoms with E-state index in [1.807, 2.05) is 0 Å². The second-order valence-corrected chi connectivity index (χ2v) is 1.99. The lowest BCUT2D eigenvalue weighted by Crippen LogP contribution is -1.64. The zero-order valence-electron chi connectivity index (χ0n) is 6.32. The summed E-state index contributed by atoms with van der Waals surface area (Å²) in [5.41, 5.74) is 1.20.